The first-order chi connectivity index (χ1) is 16.0. The highest BCUT2D eigenvalue weighted by atomic mass is 35.5. The summed E-state index contributed by atoms with van der Waals surface area (Å²) in [6, 6.07) is 6.72. The number of benzene rings is 2. The standard InChI is InChI=1S/C25H22Cl2N2O5/c1-28(2)12-5-7-14-18(9-12)34-19-10-13(29(3)4)6-8-15(19)20(14)21-17(26)11-16(24(30)31)23(27)22(21)25(32)33/h5-12H,1-4H3,(H,30,31)(H,32,33). The minimum absolute atomic E-state index is 0.0336. The summed E-state index contributed by atoms with van der Waals surface area (Å²) in [6.07, 6.45) is 5.75. The molecule has 0 radical (unpaired) electrons. The zero-order valence-electron chi connectivity index (χ0n) is 18.9. The Balaban J connectivity index is 2.10. The van der Waals surface area contributed by atoms with Gasteiger partial charge in [0.1, 0.15) is 11.5 Å². The molecule has 4 rings (SSSR count). The van der Waals surface area contributed by atoms with Gasteiger partial charge in [-0.15, -0.1) is 0 Å². The molecule has 1 heterocycles. The monoisotopic (exact) mass is 500 g/mol. The second kappa shape index (κ2) is 8.83. The van der Waals surface area contributed by atoms with Gasteiger partial charge in [-0.3, -0.25) is 4.90 Å². The van der Waals surface area contributed by atoms with Crippen molar-refractivity contribution in [3.8, 4) is 5.75 Å². The third-order valence-corrected chi connectivity index (χ3v) is 6.48. The quantitative estimate of drug-likeness (QED) is 0.594. The summed E-state index contributed by atoms with van der Waals surface area (Å²) in [5, 5.41) is 19.1. The number of likely N-dealkylation sites (N-methyl/N-ethyl adjacent to an activating group) is 1. The first-order valence-corrected chi connectivity index (χ1v) is 11.1. The average Bonchev–Trinajstić information content (AvgIpc) is 2.77. The average molecular weight is 501 g/mol. The lowest BCUT2D eigenvalue weighted by atomic mass is 9.84. The minimum Gasteiger partial charge on any atom is -0.478 e. The first kappa shape index (κ1) is 23.9. The second-order valence-corrected chi connectivity index (χ2v) is 9.18. The van der Waals surface area contributed by atoms with E-state index >= 15 is 0 Å². The maximum Gasteiger partial charge on any atom is 0.337 e. The lowest BCUT2D eigenvalue weighted by molar-refractivity contribution is 0.0695. The van der Waals surface area contributed by atoms with Crippen molar-refractivity contribution in [1.29, 1.82) is 0 Å². The highest BCUT2D eigenvalue weighted by molar-refractivity contribution is 6.40. The zero-order valence-corrected chi connectivity index (χ0v) is 20.4. The van der Waals surface area contributed by atoms with Gasteiger partial charge < -0.3 is 19.8 Å². The van der Waals surface area contributed by atoms with Crippen molar-refractivity contribution in [2.24, 2.45) is 0 Å². The number of carboxylic acids is 2. The molecule has 2 N–H and O–H groups in total. The molecule has 1 atom stereocenters. The van der Waals surface area contributed by atoms with Crippen LogP contribution in [0, 0.1) is 0 Å². The normalized spacial score (nSPS) is 16.6. The Labute approximate surface area is 206 Å². The van der Waals surface area contributed by atoms with Gasteiger partial charge >= 0.3 is 11.9 Å². The van der Waals surface area contributed by atoms with Gasteiger partial charge in [-0.1, -0.05) is 35.4 Å². The maximum absolute atomic E-state index is 12.3. The van der Waals surface area contributed by atoms with Crippen LogP contribution in [0.25, 0.3) is 5.57 Å². The summed E-state index contributed by atoms with van der Waals surface area (Å²) in [6.45, 7) is 0. The molecule has 176 valence electrons. The lowest BCUT2D eigenvalue weighted by Crippen LogP contribution is -2.27. The number of halogens is 2. The number of nitrogens with zero attached hydrogens (tertiary/aromatic N) is 2. The van der Waals surface area contributed by atoms with Crippen molar-refractivity contribution in [2.75, 3.05) is 33.1 Å². The summed E-state index contributed by atoms with van der Waals surface area (Å²) in [5.41, 5.74) is 2.03. The number of aromatic carboxylic acids is 2. The highest BCUT2D eigenvalue weighted by Crippen LogP contribution is 2.48. The highest BCUT2D eigenvalue weighted by Gasteiger charge is 2.33. The number of carboxylic acid groups (broad SMARTS) is 2. The molecule has 0 aromatic heterocycles. The maximum atomic E-state index is 12.3. The van der Waals surface area contributed by atoms with E-state index in [2.05, 4.69) is 0 Å². The fraction of sp³-hybridized carbons (Fsp3) is 0.200. The molecule has 1 unspecified atom stereocenters. The largest absolute Gasteiger partial charge is 0.478 e. The number of fused-ring (bicyclic) bond motifs is 2. The number of carbonyl (C=O) groups is 2. The molecule has 7 nitrogen and oxygen atoms in total. The van der Waals surface area contributed by atoms with Crippen LogP contribution >= 0.6 is 23.2 Å². The fourth-order valence-electron chi connectivity index (χ4n) is 4.03. The Bertz CT molecular complexity index is 1330. The van der Waals surface area contributed by atoms with Crippen LogP contribution < -0.4 is 9.64 Å². The summed E-state index contributed by atoms with van der Waals surface area (Å²) in [4.78, 5) is 27.9. The van der Waals surface area contributed by atoms with Crippen molar-refractivity contribution >= 4 is 46.4 Å². The van der Waals surface area contributed by atoms with E-state index < -0.39 is 11.9 Å². The number of ether oxygens (including phenoxy) is 1. The fourth-order valence-corrected chi connectivity index (χ4v) is 4.64. The van der Waals surface area contributed by atoms with Crippen LogP contribution in [0.15, 0.2) is 53.8 Å². The molecule has 2 aromatic carbocycles. The van der Waals surface area contributed by atoms with Gasteiger partial charge in [0, 0.05) is 54.2 Å². The molecule has 0 saturated carbocycles. The minimum atomic E-state index is -1.38. The van der Waals surface area contributed by atoms with Crippen LogP contribution in [0.4, 0.5) is 5.69 Å². The van der Waals surface area contributed by atoms with Crippen LogP contribution in [0.3, 0.4) is 0 Å². The summed E-state index contributed by atoms with van der Waals surface area (Å²) < 4.78 is 6.27. The number of hydrogen-bond acceptors (Lipinski definition) is 5. The molecule has 0 amide bonds. The molecular formula is C25H22Cl2N2O5. The number of rotatable bonds is 5. The van der Waals surface area contributed by atoms with E-state index in [0.717, 1.165) is 5.69 Å². The van der Waals surface area contributed by atoms with Crippen molar-refractivity contribution in [3.05, 3.63) is 86.1 Å². The van der Waals surface area contributed by atoms with E-state index in [1.165, 1.54) is 6.07 Å². The van der Waals surface area contributed by atoms with E-state index in [1.54, 1.807) is 0 Å². The van der Waals surface area contributed by atoms with Crippen molar-refractivity contribution in [2.45, 2.75) is 6.04 Å². The van der Waals surface area contributed by atoms with Crippen molar-refractivity contribution in [3.63, 3.8) is 0 Å². The Morgan fingerprint density at radius 2 is 1.74 bits per heavy atom. The van der Waals surface area contributed by atoms with Gasteiger partial charge in [0.15, 0.2) is 0 Å². The smallest absolute Gasteiger partial charge is 0.337 e. The predicted molar refractivity (Wildman–Crippen MR) is 132 cm³/mol. The van der Waals surface area contributed by atoms with Gasteiger partial charge in [-0.05, 0) is 38.4 Å². The van der Waals surface area contributed by atoms with E-state index in [4.69, 9.17) is 27.9 Å². The number of hydrogen-bond donors (Lipinski definition) is 2. The molecule has 1 aliphatic carbocycles. The first-order valence-electron chi connectivity index (χ1n) is 10.3. The third-order valence-electron chi connectivity index (χ3n) is 5.79. The van der Waals surface area contributed by atoms with E-state index in [1.807, 2.05) is 74.4 Å². The molecule has 1 aliphatic heterocycles. The Kier molecular flexibility index (Phi) is 6.20. The van der Waals surface area contributed by atoms with Gasteiger partial charge in [0.05, 0.1) is 21.2 Å². The van der Waals surface area contributed by atoms with Gasteiger partial charge in [0.25, 0.3) is 0 Å². The van der Waals surface area contributed by atoms with E-state index in [0.29, 0.717) is 28.2 Å². The third kappa shape index (κ3) is 3.96. The Morgan fingerprint density at radius 3 is 2.32 bits per heavy atom. The summed E-state index contributed by atoms with van der Waals surface area (Å²) >= 11 is 12.9. The molecule has 0 bridgehead atoms. The van der Waals surface area contributed by atoms with Crippen LogP contribution in [0.5, 0.6) is 5.75 Å². The predicted octanol–water partition coefficient (Wildman–Crippen LogP) is 5.03. The topological polar surface area (TPSA) is 90.3 Å². The number of anilines is 1. The summed E-state index contributed by atoms with van der Waals surface area (Å²) in [5.74, 6) is -1.68. The van der Waals surface area contributed by atoms with E-state index in [9.17, 15) is 19.8 Å². The van der Waals surface area contributed by atoms with Gasteiger partial charge in [-0.2, -0.15) is 0 Å². The Morgan fingerprint density at radius 1 is 1.03 bits per heavy atom. The van der Waals surface area contributed by atoms with Gasteiger partial charge in [0.2, 0.25) is 0 Å². The molecule has 34 heavy (non-hydrogen) atoms. The molecule has 2 aromatic rings. The Hall–Kier alpha value is -3.26. The van der Waals surface area contributed by atoms with E-state index in [-0.39, 0.29) is 32.8 Å². The summed E-state index contributed by atoms with van der Waals surface area (Å²) in [7, 11) is 7.68. The zero-order chi connectivity index (χ0) is 24.9. The molecule has 0 fully saturated rings. The van der Waals surface area contributed by atoms with Crippen LogP contribution in [-0.4, -0.2) is 61.3 Å². The second-order valence-electron chi connectivity index (χ2n) is 8.39. The molecule has 2 aliphatic rings. The van der Waals surface area contributed by atoms with Crippen LogP contribution in [-0.2, 0) is 0 Å². The SMILES string of the molecule is CN(C)c1ccc2c(c1)OC1=CC(N(C)C)C=CC1=C2c1c(Cl)cc(C(=O)O)c(Cl)c1C(=O)O. The van der Waals surface area contributed by atoms with Crippen LogP contribution in [0.1, 0.15) is 31.8 Å². The van der Waals surface area contributed by atoms with Crippen LogP contribution in [0.2, 0.25) is 10.0 Å². The van der Waals surface area contributed by atoms with Crippen molar-refractivity contribution in [1.82, 2.24) is 4.90 Å². The van der Waals surface area contributed by atoms with Gasteiger partial charge in [-0.25, -0.2) is 9.59 Å². The number of allylic oxidation sites excluding steroid dienone is 1. The molecule has 0 saturated heterocycles. The van der Waals surface area contributed by atoms with Crippen molar-refractivity contribution < 1.29 is 24.5 Å². The molecule has 0 spiro atoms. The molecular weight excluding hydrogens is 479 g/mol. The lowest BCUT2D eigenvalue weighted by Gasteiger charge is -2.31. The molecule has 9 heteroatoms.